The van der Waals surface area contributed by atoms with E-state index in [1.165, 1.54) is 24.1 Å². The largest absolute Gasteiger partial charge is 0.469 e. The van der Waals surface area contributed by atoms with Gasteiger partial charge in [-0.3, -0.25) is 14.5 Å². The third-order valence-electron chi connectivity index (χ3n) is 7.67. The number of ether oxygens (including phenoxy) is 2. The number of nitrogens with zero attached hydrogens (tertiary/aromatic N) is 4. The number of amides is 3. The van der Waals surface area contributed by atoms with Crippen molar-refractivity contribution in [2.24, 2.45) is 17.3 Å². The second kappa shape index (κ2) is 12.2. The molecule has 10 nitrogen and oxygen atoms in total. The Morgan fingerprint density at radius 1 is 1.15 bits per heavy atom. The number of aromatic nitrogens is 2. The lowest BCUT2D eigenvalue weighted by atomic mass is 9.82. The highest BCUT2D eigenvalue weighted by atomic mass is 19.1. The van der Waals surface area contributed by atoms with Crippen LogP contribution in [0, 0.1) is 30.0 Å². The van der Waals surface area contributed by atoms with E-state index in [-0.39, 0.29) is 24.8 Å². The molecule has 2 fully saturated rings. The molecule has 0 aromatic carbocycles. The van der Waals surface area contributed by atoms with E-state index >= 15 is 0 Å². The normalized spacial score (nSPS) is 21.8. The third-order valence-corrected chi connectivity index (χ3v) is 7.67. The lowest BCUT2D eigenvalue weighted by Crippen LogP contribution is -2.62. The maximum atomic E-state index is 13.8. The number of urea groups is 1. The van der Waals surface area contributed by atoms with Crippen LogP contribution in [-0.2, 0) is 14.3 Å². The summed E-state index contributed by atoms with van der Waals surface area (Å²) in [7, 11) is 1.29. The fraction of sp³-hybridized carbons (Fsp3) is 0.552. The number of nitrogens with one attached hydrogen (secondary N) is 1. The minimum Gasteiger partial charge on any atom is -0.469 e. The molecule has 2 aliphatic rings. The van der Waals surface area contributed by atoms with E-state index in [1.807, 2.05) is 0 Å². The zero-order chi connectivity index (χ0) is 29.0. The summed E-state index contributed by atoms with van der Waals surface area (Å²) in [5.41, 5.74) is -0.487. The average Bonchev–Trinajstić information content (AvgIpc) is 2.92. The molecule has 2 aromatic rings. The Morgan fingerprint density at radius 3 is 2.50 bits per heavy atom. The molecular formula is C29H38FN5O5. The zero-order valence-corrected chi connectivity index (χ0v) is 23.8. The summed E-state index contributed by atoms with van der Waals surface area (Å²) in [5, 5.41) is 3.28. The standard InChI is InChI=1S/C29H38FN5O5/c1-18-6-8-20(9-7-18)16-34-24(14-26(36)35(28(34)38)17-29(3,4)27(37)39-5)33-23-12-11-22(19(2)32-23)40-25-13-10-21(30)15-31-25/h10-13,15,18,20,24H,6-9,14,16-17H2,1-5H3,(H,32,33). The van der Waals surface area contributed by atoms with Crippen molar-refractivity contribution < 1.29 is 28.2 Å². The van der Waals surface area contributed by atoms with Gasteiger partial charge in [-0.1, -0.05) is 19.8 Å². The molecule has 0 radical (unpaired) electrons. The Kier molecular flexibility index (Phi) is 8.90. The molecule has 3 amide bonds. The fourth-order valence-electron chi connectivity index (χ4n) is 5.24. The van der Waals surface area contributed by atoms with Gasteiger partial charge >= 0.3 is 12.0 Å². The minimum atomic E-state index is -1.04. The molecule has 0 bridgehead atoms. The van der Waals surface area contributed by atoms with E-state index in [2.05, 4.69) is 22.2 Å². The highest BCUT2D eigenvalue weighted by Crippen LogP contribution is 2.32. The number of methoxy groups -OCH3 is 1. The number of carbonyl (C=O) groups is 3. The molecule has 0 spiro atoms. The van der Waals surface area contributed by atoms with Crippen LogP contribution in [0.3, 0.4) is 0 Å². The first-order valence-electron chi connectivity index (χ1n) is 13.7. The number of anilines is 1. The van der Waals surface area contributed by atoms with Gasteiger partial charge in [0.2, 0.25) is 11.8 Å². The van der Waals surface area contributed by atoms with Gasteiger partial charge in [0.05, 0.1) is 30.8 Å². The molecule has 1 aliphatic carbocycles. The van der Waals surface area contributed by atoms with E-state index in [0.717, 1.165) is 31.9 Å². The summed E-state index contributed by atoms with van der Waals surface area (Å²) in [6.45, 7) is 7.77. The Bertz CT molecular complexity index is 1230. The van der Waals surface area contributed by atoms with E-state index in [0.29, 0.717) is 35.6 Å². The Labute approximate surface area is 234 Å². The van der Waals surface area contributed by atoms with Gasteiger partial charge in [-0.2, -0.15) is 0 Å². The number of rotatable bonds is 9. The number of hydrogen-bond acceptors (Lipinski definition) is 8. The Morgan fingerprint density at radius 2 is 1.88 bits per heavy atom. The molecule has 1 N–H and O–H groups in total. The topological polar surface area (TPSA) is 114 Å². The van der Waals surface area contributed by atoms with Crippen molar-refractivity contribution in [2.75, 3.05) is 25.5 Å². The zero-order valence-electron chi connectivity index (χ0n) is 23.8. The van der Waals surface area contributed by atoms with Crippen LogP contribution in [0.25, 0.3) is 0 Å². The molecule has 1 saturated carbocycles. The number of aryl methyl sites for hydroxylation is 1. The predicted octanol–water partition coefficient (Wildman–Crippen LogP) is 5.13. The Balaban J connectivity index is 1.53. The van der Waals surface area contributed by atoms with E-state index in [9.17, 15) is 18.8 Å². The van der Waals surface area contributed by atoms with Crippen molar-refractivity contribution in [3.05, 3.63) is 42.0 Å². The smallest absolute Gasteiger partial charge is 0.328 e. The molecule has 11 heteroatoms. The average molecular weight is 556 g/mol. The highest BCUT2D eigenvalue weighted by molar-refractivity contribution is 5.98. The Hall–Kier alpha value is -3.76. The summed E-state index contributed by atoms with van der Waals surface area (Å²) in [4.78, 5) is 50.7. The SMILES string of the molecule is COC(=O)C(C)(C)CN1C(=O)CC(Nc2ccc(Oc3ccc(F)cn3)c(C)n2)N(CC2CCC(C)CC2)C1=O. The summed E-state index contributed by atoms with van der Waals surface area (Å²) < 4.78 is 23.8. The molecule has 4 rings (SSSR count). The number of hydrogen-bond donors (Lipinski definition) is 1. The number of pyridine rings is 2. The first-order valence-corrected chi connectivity index (χ1v) is 13.7. The highest BCUT2D eigenvalue weighted by Gasteiger charge is 2.44. The molecule has 1 saturated heterocycles. The molecule has 216 valence electrons. The number of carbonyl (C=O) groups excluding carboxylic acids is 3. The van der Waals surface area contributed by atoms with Crippen molar-refractivity contribution in [1.29, 1.82) is 0 Å². The van der Waals surface area contributed by atoms with Gasteiger partial charge in [0, 0.05) is 19.2 Å². The van der Waals surface area contributed by atoms with E-state index in [4.69, 9.17) is 9.47 Å². The van der Waals surface area contributed by atoms with Gasteiger partial charge in [0.25, 0.3) is 0 Å². The lowest BCUT2D eigenvalue weighted by Gasteiger charge is -2.44. The van der Waals surface area contributed by atoms with Crippen molar-refractivity contribution in [2.45, 2.75) is 66.0 Å². The first-order chi connectivity index (χ1) is 19.0. The van der Waals surface area contributed by atoms with Crippen molar-refractivity contribution in [3.8, 4) is 11.6 Å². The number of esters is 1. The second-order valence-electron chi connectivity index (χ2n) is 11.5. The summed E-state index contributed by atoms with van der Waals surface area (Å²) in [6, 6.07) is 5.67. The molecule has 40 heavy (non-hydrogen) atoms. The summed E-state index contributed by atoms with van der Waals surface area (Å²) in [6.07, 6.45) is 4.74. The molecule has 1 atom stereocenters. The second-order valence-corrected chi connectivity index (χ2v) is 11.5. The monoisotopic (exact) mass is 555 g/mol. The molecule has 1 unspecified atom stereocenters. The third kappa shape index (κ3) is 6.86. The van der Waals surface area contributed by atoms with Crippen LogP contribution in [-0.4, -0.2) is 64.0 Å². The molecule has 1 aliphatic heterocycles. The van der Waals surface area contributed by atoms with Gasteiger partial charge in [0.1, 0.15) is 17.8 Å². The maximum Gasteiger partial charge on any atom is 0.328 e. The van der Waals surface area contributed by atoms with Crippen molar-refractivity contribution in [3.63, 3.8) is 0 Å². The van der Waals surface area contributed by atoms with Crippen LogP contribution in [0.5, 0.6) is 11.6 Å². The van der Waals surface area contributed by atoms with Crippen molar-refractivity contribution in [1.82, 2.24) is 19.8 Å². The van der Waals surface area contributed by atoms with Crippen LogP contribution >= 0.6 is 0 Å². The van der Waals surface area contributed by atoms with Gasteiger partial charge in [-0.25, -0.2) is 19.2 Å². The quantitative estimate of drug-likeness (QED) is 0.424. The van der Waals surface area contributed by atoms with Crippen LogP contribution in [0.4, 0.5) is 15.0 Å². The molecule has 3 heterocycles. The maximum absolute atomic E-state index is 13.8. The predicted molar refractivity (Wildman–Crippen MR) is 146 cm³/mol. The molecule has 2 aromatic heterocycles. The lowest BCUT2D eigenvalue weighted by molar-refractivity contribution is -0.152. The van der Waals surface area contributed by atoms with Crippen LogP contribution in [0.15, 0.2) is 30.5 Å². The number of halogens is 1. The van der Waals surface area contributed by atoms with Crippen LogP contribution in [0.1, 0.15) is 58.6 Å². The van der Waals surface area contributed by atoms with Crippen LogP contribution in [0.2, 0.25) is 0 Å². The van der Waals surface area contributed by atoms with Gasteiger partial charge in [-0.15, -0.1) is 0 Å². The van der Waals surface area contributed by atoms with E-state index in [1.54, 1.807) is 37.8 Å². The van der Waals surface area contributed by atoms with E-state index < -0.39 is 29.4 Å². The minimum absolute atomic E-state index is 0.0323. The number of imide groups is 1. The summed E-state index contributed by atoms with van der Waals surface area (Å²) >= 11 is 0. The fourth-order valence-corrected chi connectivity index (χ4v) is 5.24. The summed E-state index contributed by atoms with van der Waals surface area (Å²) in [5.74, 6) is 0.835. The van der Waals surface area contributed by atoms with Gasteiger partial charge < -0.3 is 19.7 Å². The van der Waals surface area contributed by atoms with Gasteiger partial charge in [0.15, 0.2) is 5.75 Å². The first kappa shape index (κ1) is 29.2. The van der Waals surface area contributed by atoms with Gasteiger partial charge in [-0.05, 0) is 63.6 Å². The van der Waals surface area contributed by atoms with Crippen molar-refractivity contribution >= 4 is 23.7 Å². The molecular weight excluding hydrogens is 517 g/mol. The van der Waals surface area contributed by atoms with Crippen LogP contribution < -0.4 is 10.1 Å².